The number of hydrogen-bond donors (Lipinski definition) is 1. The smallest absolute Gasteiger partial charge is 0.310 e. The minimum Gasteiger partial charge on any atom is -0.466 e. The first kappa shape index (κ1) is 20.5. The Labute approximate surface area is 171 Å². The van der Waals surface area contributed by atoms with Crippen molar-refractivity contribution in [2.75, 3.05) is 25.0 Å². The molecule has 0 radical (unpaired) electrons. The fourth-order valence-electron chi connectivity index (χ4n) is 3.09. The average molecular weight is 422 g/mol. The fraction of sp³-hybridized carbons (Fsp3) is 0.474. The molecule has 2 amide bonds. The molecule has 0 unspecified atom stereocenters. The number of thiazole rings is 1. The summed E-state index contributed by atoms with van der Waals surface area (Å²) in [4.78, 5) is 43.3. The zero-order valence-corrected chi connectivity index (χ0v) is 17.3. The minimum absolute atomic E-state index is 0.0196. The number of aromatic nitrogens is 1. The number of aryl methyl sites for hydroxylation is 1. The van der Waals surface area contributed by atoms with Gasteiger partial charge < -0.3 is 9.64 Å². The van der Waals surface area contributed by atoms with Crippen LogP contribution in [0, 0.1) is 5.92 Å². The van der Waals surface area contributed by atoms with Gasteiger partial charge in [0.05, 0.1) is 23.1 Å². The van der Waals surface area contributed by atoms with E-state index in [0.29, 0.717) is 42.5 Å². The Morgan fingerprint density at radius 1 is 1.36 bits per heavy atom. The van der Waals surface area contributed by atoms with Crippen molar-refractivity contribution in [3.63, 3.8) is 0 Å². The van der Waals surface area contributed by atoms with Gasteiger partial charge in [0, 0.05) is 24.9 Å². The topological polar surface area (TPSA) is 88.6 Å². The minimum atomic E-state index is -0.226. The van der Waals surface area contributed by atoms with Crippen LogP contribution in [0.2, 0.25) is 0 Å². The van der Waals surface area contributed by atoms with Gasteiger partial charge in [0.2, 0.25) is 5.91 Å². The first-order valence-electron chi connectivity index (χ1n) is 9.30. The van der Waals surface area contributed by atoms with Crippen LogP contribution in [0.4, 0.5) is 5.13 Å². The average Bonchev–Trinajstić information content (AvgIpc) is 3.38. The van der Waals surface area contributed by atoms with Crippen molar-refractivity contribution < 1.29 is 19.1 Å². The summed E-state index contributed by atoms with van der Waals surface area (Å²) in [6.07, 6.45) is 2.41. The number of anilines is 1. The number of nitrogens with zero attached hydrogens (tertiary/aromatic N) is 2. The summed E-state index contributed by atoms with van der Waals surface area (Å²) in [5, 5.41) is 7.01. The van der Waals surface area contributed by atoms with Gasteiger partial charge in [-0.15, -0.1) is 22.7 Å². The normalized spacial score (nSPS) is 16.6. The third-order valence-electron chi connectivity index (χ3n) is 4.51. The van der Waals surface area contributed by atoms with E-state index in [2.05, 4.69) is 10.3 Å². The second-order valence-corrected chi connectivity index (χ2v) is 8.31. The lowest BCUT2D eigenvalue weighted by atomic mass is 9.98. The number of esters is 1. The molecule has 1 aliphatic rings. The lowest BCUT2D eigenvalue weighted by Crippen LogP contribution is -2.42. The Balaban J connectivity index is 1.47. The maximum Gasteiger partial charge on any atom is 0.310 e. The van der Waals surface area contributed by atoms with Crippen LogP contribution in [0.25, 0.3) is 0 Å². The van der Waals surface area contributed by atoms with Crippen LogP contribution in [0.15, 0.2) is 22.9 Å². The molecule has 0 spiro atoms. The van der Waals surface area contributed by atoms with Crippen molar-refractivity contribution in [2.45, 2.75) is 32.6 Å². The Hall–Kier alpha value is -2.26. The molecule has 2 aromatic heterocycles. The van der Waals surface area contributed by atoms with E-state index in [1.54, 1.807) is 17.9 Å². The predicted octanol–water partition coefficient (Wildman–Crippen LogP) is 3.19. The van der Waals surface area contributed by atoms with E-state index in [1.807, 2.05) is 16.8 Å². The third kappa shape index (κ3) is 5.39. The molecule has 1 saturated heterocycles. The zero-order chi connectivity index (χ0) is 19.9. The molecule has 1 fully saturated rings. The Morgan fingerprint density at radius 2 is 2.21 bits per heavy atom. The van der Waals surface area contributed by atoms with Crippen LogP contribution >= 0.6 is 22.7 Å². The summed E-state index contributed by atoms with van der Waals surface area (Å²) in [7, 11) is 0. The highest BCUT2D eigenvalue weighted by Gasteiger charge is 2.29. The van der Waals surface area contributed by atoms with Crippen molar-refractivity contribution in [2.24, 2.45) is 5.92 Å². The van der Waals surface area contributed by atoms with Crippen molar-refractivity contribution in [3.05, 3.63) is 33.5 Å². The summed E-state index contributed by atoms with van der Waals surface area (Å²) in [6, 6.07) is 3.58. The van der Waals surface area contributed by atoms with Gasteiger partial charge in [-0.1, -0.05) is 6.07 Å². The number of amides is 2. The van der Waals surface area contributed by atoms with Crippen LogP contribution in [0.1, 0.15) is 41.6 Å². The highest BCUT2D eigenvalue weighted by molar-refractivity contribution is 7.14. The summed E-state index contributed by atoms with van der Waals surface area (Å²) >= 11 is 2.72. The Kier molecular flexibility index (Phi) is 7.16. The zero-order valence-electron chi connectivity index (χ0n) is 15.7. The van der Waals surface area contributed by atoms with E-state index in [4.69, 9.17) is 4.74 Å². The first-order chi connectivity index (χ1) is 13.6. The number of hydrogen-bond acceptors (Lipinski definition) is 7. The molecule has 2 aromatic rings. The molecule has 3 rings (SSSR count). The highest BCUT2D eigenvalue weighted by Crippen LogP contribution is 2.21. The van der Waals surface area contributed by atoms with Gasteiger partial charge in [0.25, 0.3) is 5.91 Å². The maximum absolute atomic E-state index is 12.5. The monoisotopic (exact) mass is 421 g/mol. The highest BCUT2D eigenvalue weighted by atomic mass is 32.1. The number of likely N-dealkylation sites (tertiary alicyclic amines) is 1. The number of carbonyl (C=O) groups is 3. The van der Waals surface area contributed by atoms with Crippen LogP contribution in [-0.4, -0.2) is 47.4 Å². The Morgan fingerprint density at radius 3 is 2.96 bits per heavy atom. The van der Waals surface area contributed by atoms with E-state index in [0.717, 1.165) is 18.5 Å². The SMILES string of the molecule is CCOC(=O)[C@H]1CCCN(C(=O)CCc2csc(NC(=O)c3cccs3)n2)C1. The molecule has 0 aromatic carbocycles. The second-order valence-electron chi connectivity index (χ2n) is 6.51. The Bertz CT molecular complexity index is 819. The van der Waals surface area contributed by atoms with Gasteiger partial charge in [-0.05, 0) is 37.6 Å². The third-order valence-corrected chi connectivity index (χ3v) is 6.18. The molecule has 0 saturated carbocycles. The van der Waals surface area contributed by atoms with Crippen LogP contribution in [-0.2, 0) is 20.7 Å². The largest absolute Gasteiger partial charge is 0.466 e. The summed E-state index contributed by atoms with van der Waals surface area (Å²) in [6.45, 7) is 3.25. The molecular weight excluding hydrogens is 398 g/mol. The number of thiophene rings is 1. The van der Waals surface area contributed by atoms with Crippen LogP contribution < -0.4 is 5.32 Å². The van der Waals surface area contributed by atoms with Crippen molar-refractivity contribution in [1.82, 2.24) is 9.88 Å². The van der Waals surface area contributed by atoms with E-state index >= 15 is 0 Å². The van der Waals surface area contributed by atoms with Crippen LogP contribution in [0.5, 0.6) is 0 Å². The summed E-state index contributed by atoms with van der Waals surface area (Å²) < 4.78 is 5.08. The summed E-state index contributed by atoms with van der Waals surface area (Å²) in [5.41, 5.74) is 0.777. The first-order valence-corrected chi connectivity index (χ1v) is 11.1. The van der Waals surface area contributed by atoms with Gasteiger partial charge in [0.15, 0.2) is 5.13 Å². The van der Waals surface area contributed by atoms with E-state index in [-0.39, 0.29) is 23.7 Å². The van der Waals surface area contributed by atoms with Crippen molar-refractivity contribution in [1.29, 1.82) is 0 Å². The van der Waals surface area contributed by atoms with Crippen molar-refractivity contribution in [3.8, 4) is 0 Å². The predicted molar refractivity (Wildman–Crippen MR) is 109 cm³/mol. The number of rotatable bonds is 7. The number of piperidine rings is 1. The van der Waals surface area contributed by atoms with Gasteiger partial charge in [-0.2, -0.15) is 0 Å². The van der Waals surface area contributed by atoms with E-state index < -0.39 is 0 Å². The quantitative estimate of drug-likeness (QED) is 0.694. The van der Waals surface area contributed by atoms with Gasteiger partial charge in [-0.3, -0.25) is 19.7 Å². The van der Waals surface area contributed by atoms with E-state index in [1.165, 1.54) is 22.7 Å². The molecule has 3 heterocycles. The maximum atomic E-state index is 12.5. The molecule has 28 heavy (non-hydrogen) atoms. The molecule has 0 aliphatic carbocycles. The summed E-state index contributed by atoms with van der Waals surface area (Å²) in [5.74, 6) is -0.599. The molecule has 1 atom stereocenters. The molecule has 0 bridgehead atoms. The lowest BCUT2D eigenvalue weighted by Gasteiger charge is -2.31. The van der Waals surface area contributed by atoms with Crippen LogP contribution in [0.3, 0.4) is 0 Å². The van der Waals surface area contributed by atoms with Crippen molar-refractivity contribution >= 4 is 45.6 Å². The van der Waals surface area contributed by atoms with Gasteiger partial charge in [0.1, 0.15) is 0 Å². The molecular formula is C19H23N3O4S2. The molecule has 1 N–H and O–H groups in total. The molecule has 1 aliphatic heterocycles. The number of nitrogens with one attached hydrogen (secondary N) is 1. The lowest BCUT2D eigenvalue weighted by molar-refractivity contribution is -0.151. The molecule has 150 valence electrons. The molecule has 7 nitrogen and oxygen atoms in total. The molecule has 9 heteroatoms. The standard InChI is InChI=1S/C19H23N3O4S2/c1-2-26-18(25)13-5-3-9-22(11-13)16(23)8-7-14-12-28-19(20-14)21-17(24)15-6-4-10-27-15/h4,6,10,12-13H,2-3,5,7-9,11H2,1H3,(H,20,21,24)/t13-/m0/s1. The second kappa shape index (κ2) is 9.79. The van der Waals surface area contributed by atoms with Gasteiger partial charge >= 0.3 is 5.97 Å². The fourth-order valence-corrected chi connectivity index (χ4v) is 4.45. The van der Waals surface area contributed by atoms with E-state index in [9.17, 15) is 14.4 Å². The number of ether oxygens (including phenoxy) is 1. The number of carbonyl (C=O) groups excluding carboxylic acids is 3. The van der Waals surface area contributed by atoms with Gasteiger partial charge in [-0.25, -0.2) is 4.98 Å².